The normalized spacial score (nSPS) is 41.5. The van der Waals surface area contributed by atoms with Crippen molar-refractivity contribution in [3.05, 3.63) is 10.4 Å². The van der Waals surface area contributed by atoms with Gasteiger partial charge >= 0.3 is 0 Å². The smallest absolute Gasteiger partial charge is 0.0944 e. The van der Waals surface area contributed by atoms with Crippen molar-refractivity contribution in [3.8, 4) is 0 Å². The van der Waals surface area contributed by atoms with Crippen molar-refractivity contribution >= 4 is 0 Å². The monoisotopic (exact) mass is 197 g/mol. The van der Waals surface area contributed by atoms with Gasteiger partial charge in [0.2, 0.25) is 0 Å². The zero-order valence-corrected chi connectivity index (χ0v) is 8.35. The molecule has 0 saturated carbocycles. The first-order valence-corrected chi connectivity index (χ1v) is 5.04. The fourth-order valence-corrected chi connectivity index (χ4v) is 2.34. The number of hydrogen-bond acceptors (Lipinski definition) is 3. The van der Waals surface area contributed by atoms with Gasteiger partial charge in [-0.15, -0.1) is 0 Å². The Kier molecular flexibility index (Phi) is 2.63. The molecule has 5 heteroatoms. The van der Waals surface area contributed by atoms with E-state index >= 15 is 0 Å². The number of azide groups is 1. The molecule has 2 aliphatic heterocycles. The summed E-state index contributed by atoms with van der Waals surface area (Å²) in [5.41, 5.74) is 8.13. The van der Waals surface area contributed by atoms with Gasteiger partial charge in [0.15, 0.2) is 0 Å². The summed E-state index contributed by atoms with van der Waals surface area (Å²) in [4.78, 5) is 2.74. The lowest BCUT2D eigenvalue weighted by molar-refractivity contribution is -0.0413. The molecule has 2 saturated heterocycles. The van der Waals surface area contributed by atoms with Crippen molar-refractivity contribution in [1.29, 1.82) is 0 Å². The van der Waals surface area contributed by atoms with E-state index in [2.05, 4.69) is 16.9 Å². The largest absolute Gasteiger partial charge is 0.375 e. The maximum absolute atomic E-state index is 8.20. The van der Waals surface area contributed by atoms with E-state index in [4.69, 9.17) is 15.0 Å². The Hall–Kier alpha value is -0.770. The summed E-state index contributed by atoms with van der Waals surface area (Å²) < 4.78 is 11.4. The van der Waals surface area contributed by atoms with E-state index < -0.39 is 0 Å². The molecule has 2 rings (SSSR count). The lowest BCUT2D eigenvalue weighted by Gasteiger charge is -2.21. The number of nitrogens with zero attached hydrogens (tertiary/aromatic N) is 3. The van der Waals surface area contributed by atoms with Gasteiger partial charge in [0.25, 0.3) is 0 Å². The van der Waals surface area contributed by atoms with Crippen LogP contribution in [0.15, 0.2) is 5.11 Å². The molecule has 2 heterocycles. The first-order chi connectivity index (χ1) is 6.74. The molecule has 78 valence electrons. The van der Waals surface area contributed by atoms with Crippen molar-refractivity contribution in [2.75, 3.05) is 13.2 Å². The molecule has 0 N–H and O–H groups in total. The second kappa shape index (κ2) is 3.77. The van der Waals surface area contributed by atoms with Crippen molar-refractivity contribution in [2.45, 2.75) is 44.0 Å². The van der Waals surface area contributed by atoms with Gasteiger partial charge in [0, 0.05) is 11.3 Å². The summed E-state index contributed by atoms with van der Waals surface area (Å²) in [5.74, 6) is 0. The Bertz CT molecular complexity index is 265. The summed E-state index contributed by atoms with van der Waals surface area (Å²) in [5, 5.41) is 3.54. The standard InChI is InChI=1S/C9H15N3O2/c1-7-4-9(6-13-7)3-2-8(14-9)5-11-12-10/h7-8H,2-6H2,1H3/t7-,8-,9+/m1/s1. The van der Waals surface area contributed by atoms with Crippen molar-refractivity contribution < 1.29 is 9.47 Å². The highest BCUT2D eigenvalue weighted by atomic mass is 16.6. The third-order valence-corrected chi connectivity index (χ3v) is 2.98. The van der Waals surface area contributed by atoms with E-state index in [1.54, 1.807) is 0 Å². The van der Waals surface area contributed by atoms with E-state index in [0.29, 0.717) is 19.3 Å². The average Bonchev–Trinajstić information content (AvgIpc) is 2.72. The molecular formula is C9H15N3O2. The summed E-state index contributed by atoms with van der Waals surface area (Å²) in [7, 11) is 0. The molecule has 3 atom stereocenters. The lowest BCUT2D eigenvalue weighted by Crippen LogP contribution is -2.30. The van der Waals surface area contributed by atoms with Crippen molar-refractivity contribution in [3.63, 3.8) is 0 Å². The van der Waals surface area contributed by atoms with Crippen LogP contribution in [0.1, 0.15) is 26.2 Å². The van der Waals surface area contributed by atoms with Gasteiger partial charge < -0.3 is 9.47 Å². The Morgan fingerprint density at radius 1 is 1.64 bits per heavy atom. The molecule has 2 fully saturated rings. The molecule has 0 aromatic carbocycles. The van der Waals surface area contributed by atoms with E-state index in [-0.39, 0.29) is 11.7 Å². The van der Waals surface area contributed by atoms with Crippen molar-refractivity contribution in [1.82, 2.24) is 0 Å². The molecule has 0 unspecified atom stereocenters. The van der Waals surface area contributed by atoms with Crippen LogP contribution in [-0.4, -0.2) is 31.0 Å². The lowest BCUT2D eigenvalue weighted by atomic mass is 9.97. The quantitative estimate of drug-likeness (QED) is 0.386. The molecule has 0 aromatic rings. The minimum Gasteiger partial charge on any atom is -0.375 e. The van der Waals surface area contributed by atoms with Gasteiger partial charge in [-0.3, -0.25) is 0 Å². The van der Waals surface area contributed by atoms with Gasteiger partial charge in [-0.05, 0) is 25.3 Å². The molecule has 14 heavy (non-hydrogen) atoms. The molecule has 0 bridgehead atoms. The van der Waals surface area contributed by atoms with E-state index in [1.807, 2.05) is 0 Å². The predicted octanol–water partition coefficient (Wildman–Crippen LogP) is 2.02. The van der Waals surface area contributed by atoms with E-state index in [0.717, 1.165) is 19.3 Å². The first-order valence-electron chi connectivity index (χ1n) is 5.04. The summed E-state index contributed by atoms with van der Waals surface area (Å²) in [6, 6.07) is 0. The average molecular weight is 197 g/mol. The van der Waals surface area contributed by atoms with Crippen LogP contribution in [0.5, 0.6) is 0 Å². The van der Waals surface area contributed by atoms with Crippen LogP contribution in [0.4, 0.5) is 0 Å². The zero-order valence-electron chi connectivity index (χ0n) is 8.35. The fourth-order valence-electron chi connectivity index (χ4n) is 2.34. The van der Waals surface area contributed by atoms with E-state index in [1.165, 1.54) is 0 Å². The van der Waals surface area contributed by atoms with E-state index in [9.17, 15) is 0 Å². The summed E-state index contributed by atoms with van der Waals surface area (Å²) in [6.45, 7) is 3.21. The van der Waals surface area contributed by atoms with Gasteiger partial charge in [0.05, 0.1) is 31.0 Å². The van der Waals surface area contributed by atoms with Gasteiger partial charge in [-0.1, -0.05) is 5.11 Å². The summed E-state index contributed by atoms with van der Waals surface area (Å²) in [6.07, 6.45) is 3.38. The molecular weight excluding hydrogens is 182 g/mol. The highest BCUT2D eigenvalue weighted by molar-refractivity contribution is 4.94. The second-order valence-electron chi connectivity index (χ2n) is 4.20. The van der Waals surface area contributed by atoms with Gasteiger partial charge in [0.1, 0.15) is 0 Å². The molecule has 5 nitrogen and oxygen atoms in total. The Morgan fingerprint density at radius 2 is 2.50 bits per heavy atom. The topological polar surface area (TPSA) is 67.2 Å². The van der Waals surface area contributed by atoms with Gasteiger partial charge in [-0.2, -0.15) is 0 Å². The predicted molar refractivity (Wildman–Crippen MR) is 50.9 cm³/mol. The van der Waals surface area contributed by atoms with Crippen LogP contribution in [0.2, 0.25) is 0 Å². The minimum absolute atomic E-state index is 0.0743. The highest BCUT2D eigenvalue weighted by Crippen LogP contribution is 2.39. The van der Waals surface area contributed by atoms with Crippen LogP contribution < -0.4 is 0 Å². The zero-order chi connectivity index (χ0) is 10.0. The summed E-state index contributed by atoms with van der Waals surface area (Å²) >= 11 is 0. The molecule has 0 aliphatic carbocycles. The molecule has 0 aromatic heterocycles. The fraction of sp³-hybridized carbons (Fsp3) is 1.00. The molecule has 0 radical (unpaired) electrons. The number of rotatable bonds is 2. The van der Waals surface area contributed by atoms with Gasteiger partial charge in [-0.25, -0.2) is 0 Å². The third-order valence-electron chi connectivity index (χ3n) is 2.98. The Labute approximate surface area is 83.0 Å². The molecule has 1 spiro atoms. The Morgan fingerprint density at radius 3 is 3.14 bits per heavy atom. The maximum Gasteiger partial charge on any atom is 0.0944 e. The first kappa shape index (κ1) is 9.77. The van der Waals surface area contributed by atoms with Crippen LogP contribution in [0.3, 0.4) is 0 Å². The number of ether oxygens (including phenoxy) is 2. The maximum atomic E-state index is 8.20. The number of hydrogen-bond donors (Lipinski definition) is 0. The minimum atomic E-state index is -0.0743. The molecule has 0 amide bonds. The van der Waals surface area contributed by atoms with Crippen LogP contribution >= 0.6 is 0 Å². The van der Waals surface area contributed by atoms with Crippen LogP contribution in [0, 0.1) is 0 Å². The Balaban J connectivity index is 1.90. The third kappa shape index (κ3) is 1.85. The van der Waals surface area contributed by atoms with Crippen LogP contribution in [0.25, 0.3) is 10.4 Å². The SMILES string of the molecule is C[C@@H]1C[C@@]2(CC[C@H](CN=[N+]=[N-])O2)CO1. The second-order valence-corrected chi connectivity index (χ2v) is 4.20. The molecule has 2 aliphatic rings. The highest BCUT2D eigenvalue weighted by Gasteiger charge is 2.45. The van der Waals surface area contributed by atoms with Crippen molar-refractivity contribution in [2.24, 2.45) is 5.11 Å². The van der Waals surface area contributed by atoms with Crippen LogP contribution in [-0.2, 0) is 9.47 Å².